The zero-order valence-corrected chi connectivity index (χ0v) is 18.6. The van der Waals surface area contributed by atoms with Gasteiger partial charge in [-0.3, -0.25) is 9.59 Å². The summed E-state index contributed by atoms with van der Waals surface area (Å²) >= 11 is 12.1. The summed E-state index contributed by atoms with van der Waals surface area (Å²) in [4.78, 5) is 44.1. The van der Waals surface area contributed by atoms with E-state index in [1.165, 1.54) is 12.4 Å². The standard InChI is InChI=1S/C20H22Cl2N6O4/c21-16-15(10-24-26-18(16)29)28-9-5-13(11-28)32-20(31)25-12-3-7-27(8-4-12)19(30)14-2-1-6-23-17(14)22/h1-2,6,10,12-13H,3-5,7-9,11H2,(H,25,31)(H,26,29)/t13-/m1/s1. The lowest BCUT2D eigenvalue weighted by Gasteiger charge is -2.32. The number of aromatic amines is 1. The van der Waals surface area contributed by atoms with Crippen molar-refractivity contribution in [2.75, 3.05) is 31.1 Å². The van der Waals surface area contributed by atoms with Gasteiger partial charge in [0.05, 0.1) is 24.0 Å². The van der Waals surface area contributed by atoms with Crippen LogP contribution in [0.1, 0.15) is 29.6 Å². The molecule has 170 valence electrons. The Morgan fingerprint density at radius 3 is 2.72 bits per heavy atom. The van der Waals surface area contributed by atoms with Crippen LogP contribution in [-0.2, 0) is 4.74 Å². The van der Waals surface area contributed by atoms with Crippen LogP contribution in [0.3, 0.4) is 0 Å². The number of hydrogen-bond donors (Lipinski definition) is 2. The lowest BCUT2D eigenvalue weighted by Crippen LogP contribution is -2.47. The highest BCUT2D eigenvalue weighted by Gasteiger charge is 2.30. The monoisotopic (exact) mass is 480 g/mol. The van der Waals surface area contributed by atoms with Gasteiger partial charge in [-0.2, -0.15) is 5.10 Å². The van der Waals surface area contributed by atoms with Crippen molar-refractivity contribution in [1.82, 2.24) is 25.4 Å². The summed E-state index contributed by atoms with van der Waals surface area (Å²) < 4.78 is 5.55. The second-order valence-electron chi connectivity index (χ2n) is 7.71. The molecule has 32 heavy (non-hydrogen) atoms. The smallest absolute Gasteiger partial charge is 0.407 e. The third kappa shape index (κ3) is 4.97. The molecule has 2 aliphatic heterocycles. The summed E-state index contributed by atoms with van der Waals surface area (Å²) in [7, 11) is 0. The topological polar surface area (TPSA) is 121 Å². The maximum Gasteiger partial charge on any atom is 0.407 e. The lowest BCUT2D eigenvalue weighted by molar-refractivity contribution is 0.0693. The highest BCUT2D eigenvalue weighted by Crippen LogP contribution is 2.26. The number of halogens is 2. The van der Waals surface area contributed by atoms with Gasteiger partial charge in [0, 0.05) is 38.3 Å². The number of carbonyl (C=O) groups excluding carboxylic acids is 2. The van der Waals surface area contributed by atoms with Gasteiger partial charge in [-0.1, -0.05) is 23.2 Å². The molecular weight excluding hydrogens is 459 g/mol. The van der Waals surface area contributed by atoms with Crippen LogP contribution in [0.4, 0.5) is 10.5 Å². The van der Waals surface area contributed by atoms with Crippen LogP contribution < -0.4 is 15.8 Å². The van der Waals surface area contributed by atoms with Crippen molar-refractivity contribution in [2.45, 2.75) is 31.4 Å². The molecule has 4 heterocycles. The first-order valence-electron chi connectivity index (χ1n) is 10.3. The Balaban J connectivity index is 1.24. The summed E-state index contributed by atoms with van der Waals surface area (Å²) in [5.41, 5.74) is 0.441. The zero-order valence-electron chi connectivity index (χ0n) is 17.1. The first kappa shape index (κ1) is 22.3. The lowest BCUT2D eigenvalue weighted by atomic mass is 10.0. The summed E-state index contributed by atoms with van der Waals surface area (Å²) in [6, 6.07) is 3.24. The van der Waals surface area contributed by atoms with E-state index in [4.69, 9.17) is 27.9 Å². The number of ether oxygens (including phenoxy) is 1. The van der Waals surface area contributed by atoms with Gasteiger partial charge >= 0.3 is 6.09 Å². The minimum atomic E-state index is -0.493. The number of carbonyl (C=O) groups is 2. The van der Waals surface area contributed by atoms with Crippen molar-refractivity contribution in [3.8, 4) is 0 Å². The van der Waals surface area contributed by atoms with E-state index in [0.29, 0.717) is 56.7 Å². The number of piperidine rings is 1. The molecule has 2 aromatic heterocycles. The van der Waals surface area contributed by atoms with Gasteiger partial charge in [-0.15, -0.1) is 0 Å². The Morgan fingerprint density at radius 1 is 1.19 bits per heavy atom. The molecule has 0 aromatic carbocycles. The number of H-pyrrole nitrogens is 1. The minimum Gasteiger partial charge on any atom is -0.444 e. The molecule has 2 N–H and O–H groups in total. The Hall–Kier alpha value is -2.85. The third-order valence-electron chi connectivity index (χ3n) is 5.63. The Labute approximate surface area is 193 Å². The van der Waals surface area contributed by atoms with Gasteiger partial charge in [-0.25, -0.2) is 14.9 Å². The Kier molecular flexibility index (Phi) is 6.80. The summed E-state index contributed by atoms with van der Waals surface area (Å²) in [5.74, 6) is -0.164. The number of likely N-dealkylation sites (tertiary alicyclic amines) is 1. The fourth-order valence-corrected chi connectivity index (χ4v) is 4.34. The van der Waals surface area contributed by atoms with Gasteiger partial charge in [0.15, 0.2) is 0 Å². The van der Waals surface area contributed by atoms with Crippen LogP contribution >= 0.6 is 23.2 Å². The van der Waals surface area contributed by atoms with Crippen molar-refractivity contribution < 1.29 is 14.3 Å². The van der Waals surface area contributed by atoms with Crippen molar-refractivity contribution in [3.63, 3.8) is 0 Å². The van der Waals surface area contributed by atoms with E-state index in [1.54, 1.807) is 17.0 Å². The van der Waals surface area contributed by atoms with Gasteiger partial charge in [0.1, 0.15) is 16.3 Å². The Morgan fingerprint density at radius 2 is 1.97 bits per heavy atom. The molecule has 4 rings (SSSR count). The van der Waals surface area contributed by atoms with Gasteiger partial charge in [-0.05, 0) is 25.0 Å². The quantitative estimate of drug-likeness (QED) is 0.642. The van der Waals surface area contributed by atoms with Crippen LogP contribution in [0.5, 0.6) is 0 Å². The van der Waals surface area contributed by atoms with E-state index < -0.39 is 11.7 Å². The minimum absolute atomic E-state index is 0.0685. The molecule has 0 unspecified atom stereocenters. The van der Waals surface area contributed by atoms with E-state index in [9.17, 15) is 14.4 Å². The van der Waals surface area contributed by atoms with Gasteiger partial charge in [0.25, 0.3) is 11.5 Å². The van der Waals surface area contributed by atoms with Crippen molar-refractivity contribution in [2.24, 2.45) is 0 Å². The predicted molar refractivity (Wildman–Crippen MR) is 118 cm³/mol. The second-order valence-corrected chi connectivity index (χ2v) is 8.45. The van der Waals surface area contributed by atoms with Gasteiger partial charge < -0.3 is 19.9 Å². The highest BCUT2D eigenvalue weighted by atomic mass is 35.5. The number of hydrogen-bond acceptors (Lipinski definition) is 7. The third-order valence-corrected chi connectivity index (χ3v) is 6.30. The molecule has 0 bridgehead atoms. The first-order valence-corrected chi connectivity index (χ1v) is 11.0. The van der Waals surface area contributed by atoms with Crippen molar-refractivity contribution in [1.29, 1.82) is 0 Å². The molecule has 2 saturated heterocycles. The number of rotatable bonds is 4. The largest absolute Gasteiger partial charge is 0.444 e. The molecule has 0 spiro atoms. The molecule has 10 nitrogen and oxygen atoms in total. The number of pyridine rings is 1. The number of anilines is 1. The van der Waals surface area contributed by atoms with E-state index >= 15 is 0 Å². The maximum absolute atomic E-state index is 12.6. The van der Waals surface area contributed by atoms with Crippen LogP contribution in [0, 0.1) is 0 Å². The second kappa shape index (κ2) is 9.74. The predicted octanol–water partition coefficient (Wildman–Crippen LogP) is 2.08. The number of alkyl carbamates (subject to hydrolysis) is 1. The van der Waals surface area contributed by atoms with Crippen molar-refractivity contribution >= 4 is 40.9 Å². The molecule has 0 radical (unpaired) electrons. The molecule has 2 fully saturated rings. The first-order chi connectivity index (χ1) is 15.4. The van der Waals surface area contributed by atoms with Crippen molar-refractivity contribution in [3.05, 3.63) is 50.6 Å². The normalized spacial score (nSPS) is 19.1. The molecule has 2 aromatic rings. The summed E-state index contributed by atoms with van der Waals surface area (Å²) in [6.45, 7) is 2.03. The van der Waals surface area contributed by atoms with E-state index in [2.05, 4.69) is 20.5 Å². The molecule has 2 amide bonds. The number of nitrogens with one attached hydrogen (secondary N) is 2. The number of nitrogens with zero attached hydrogens (tertiary/aromatic N) is 4. The molecular formula is C20H22Cl2N6O4. The molecule has 0 saturated carbocycles. The fourth-order valence-electron chi connectivity index (χ4n) is 3.93. The zero-order chi connectivity index (χ0) is 22.7. The molecule has 1 atom stereocenters. The Bertz CT molecular complexity index is 1060. The van der Waals surface area contributed by atoms with Crippen LogP contribution in [-0.4, -0.2) is 70.4 Å². The average Bonchev–Trinajstić information content (AvgIpc) is 3.24. The van der Waals surface area contributed by atoms with Crippen LogP contribution in [0.15, 0.2) is 29.3 Å². The van der Waals surface area contributed by atoms with E-state index in [0.717, 1.165) is 0 Å². The fraction of sp³-hybridized carbons (Fsp3) is 0.450. The van der Waals surface area contributed by atoms with E-state index in [1.807, 2.05) is 4.90 Å². The number of aromatic nitrogens is 3. The van der Waals surface area contributed by atoms with Crippen LogP contribution in [0.25, 0.3) is 0 Å². The maximum atomic E-state index is 12.6. The average molecular weight is 481 g/mol. The summed E-state index contributed by atoms with van der Waals surface area (Å²) in [5, 5.41) is 9.19. The summed E-state index contributed by atoms with van der Waals surface area (Å²) in [6.07, 6.45) is 4.06. The van der Waals surface area contributed by atoms with Gasteiger partial charge in [0.2, 0.25) is 0 Å². The number of amides is 2. The molecule has 12 heteroatoms. The molecule has 0 aliphatic carbocycles. The molecule has 2 aliphatic rings. The SMILES string of the molecule is O=C(NC1CCN(C(=O)c2cccnc2Cl)CC1)O[C@@H]1CCN(c2cn[nH]c(=O)c2Cl)C1. The van der Waals surface area contributed by atoms with Crippen LogP contribution in [0.2, 0.25) is 10.2 Å². The highest BCUT2D eigenvalue weighted by molar-refractivity contribution is 6.33. The van der Waals surface area contributed by atoms with E-state index in [-0.39, 0.29) is 28.2 Å².